The fourth-order valence-corrected chi connectivity index (χ4v) is 5.47. The summed E-state index contributed by atoms with van der Waals surface area (Å²) in [5, 5.41) is 2.61. The Bertz CT molecular complexity index is 1330. The lowest BCUT2D eigenvalue weighted by Gasteiger charge is -2.33. The van der Waals surface area contributed by atoms with E-state index in [0.29, 0.717) is 23.6 Å². The molecule has 0 unspecified atom stereocenters. The van der Waals surface area contributed by atoms with Gasteiger partial charge in [0.25, 0.3) is 10.0 Å². The van der Waals surface area contributed by atoms with Crippen LogP contribution < -0.4 is 19.1 Å². The van der Waals surface area contributed by atoms with Crippen LogP contribution in [0, 0.1) is 0 Å². The molecule has 1 N–H and O–H groups in total. The number of hydrogen-bond donors (Lipinski definition) is 1. The molecule has 0 fully saturated rings. The molecule has 0 radical (unpaired) electrons. The molecular weight excluding hydrogens is 506 g/mol. The second-order valence-electron chi connectivity index (χ2n) is 8.43. The van der Waals surface area contributed by atoms with Crippen molar-refractivity contribution in [2.24, 2.45) is 0 Å². The number of sulfonamides is 1. The third-order valence-electron chi connectivity index (χ3n) is 6.09. The summed E-state index contributed by atoms with van der Waals surface area (Å²) in [4.78, 5) is 28.1. The molecular formula is C28H33N3O6S. The summed E-state index contributed by atoms with van der Waals surface area (Å²) >= 11 is 0. The number of amides is 2. The lowest BCUT2D eigenvalue weighted by molar-refractivity contribution is -0.140. The van der Waals surface area contributed by atoms with Crippen molar-refractivity contribution in [3.05, 3.63) is 84.4 Å². The third kappa shape index (κ3) is 6.63. The van der Waals surface area contributed by atoms with E-state index in [0.717, 1.165) is 9.87 Å². The molecule has 9 nitrogen and oxygen atoms in total. The second kappa shape index (κ2) is 13.0. The van der Waals surface area contributed by atoms with Gasteiger partial charge in [-0.3, -0.25) is 13.9 Å². The number of nitrogens with zero attached hydrogens (tertiary/aromatic N) is 2. The van der Waals surface area contributed by atoms with Crippen molar-refractivity contribution in [1.82, 2.24) is 10.2 Å². The predicted octanol–water partition coefficient (Wildman–Crippen LogP) is 3.45. The first-order chi connectivity index (χ1) is 18.2. The lowest BCUT2D eigenvalue weighted by Crippen LogP contribution is -2.51. The molecule has 3 aromatic carbocycles. The van der Waals surface area contributed by atoms with Gasteiger partial charge in [0.1, 0.15) is 24.1 Å². The number of hydrogen-bond acceptors (Lipinski definition) is 6. The minimum Gasteiger partial charge on any atom is -0.497 e. The zero-order valence-corrected chi connectivity index (χ0v) is 22.8. The van der Waals surface area contributed by atoms with E-state index in [1.807, 2.05) is 6.07 Å². The summed E-state index contributed by atoms with van der Waals surface area (Å²) in [6.45, 7) is 1.39. The molecule has 0 aromatic heterocycles. The highest BCUT2D eigenvalue weighted by Crippen LogP contribution is 2.26. The van der Waals surface area contributed by atoms with Crippen LogP contribution in [-0.4, -0.2) is 59.0 Å². The molecule has 0 aliphatic heterocycles. The van der Waals surface area contributed by atoms with E-state index in [9.17, 15) is 18.0 Å². The molecule has 0 spiro atoms. The van der Waals surface area contributed by atoms with Gasteiger partial charge in [-0.15, -0.1) is 0 Å². The number of likely N-dealkylation sites (N-methyl/N-ethyl adjacent to an activating group) is 1. The number of rotatable bonds is 12. The van der Waals surface area contributed by atoms with Crippen molar-refractivity contribution in [1.29, 1.82) is 0 Å². The highest BCUT2D eigenvalue weighted by molar-refractivity contribution is 7.92. The van der Waals surface area contributed by atoms with Crippen molar-refractivity contribution in [2.75, 3.05) is 32.1 Å². The topological polar surface area (TPSA) is 105 Å². The van der Waals surface area contributed by atoms with Crippen LogP contribution in [0.25, 0.3) is 0 Å². The zero-order chi connectivity index (χ0) is 27.7. The zero-order valence-electron chi connectivity index (χ0n) is 22.0. The summed E-state index contributed by atoms with van der Waals surface area (Å²) in [7, 11) is 0.401. The quantitative estimate of drug-likeness (QED) is 0.378. The molecule has 1 atom stereocenters. The Kier molecular flexibility index (Phi) is 9.72. The maximum Gasteiger partial charge on any atom is 0.264 e. The van der Waals surface area contributed by atoms with Gasteiger partial charge in [0, 0.05) is 13.6 Å². The molecule has 202 valence electrons. The summed E-state index contributed by atoms with van der Waals surface area (Å²) in [6.07, 6.45) is 0.339. The molecule has 38 heavy (non-hydrogen) atoms. The van der Waals surface area contributed by atoms with Crippen LogP contribution in [0.5, 0.6) is 11.5 Å². The van der Waals surface area contributed by atoms with E-state index in [1.165, 1.54) is 31.2 Å². The number of carbonyl (C=O) groups is 2. The fourth-order valence-electron chi connectivity index (χ4n) is 4.05. The summed E-state index contributed by atoms with van der Waals surface area (Å²) in [5.74, 6) is 0.250. The number of ether oxygens (including phenoxy) is 2. The molecule has 3 rings (SSSR count). The van der Waals surface area contributed by atoms with Gasteiger partial charge in [-0.2, -0.15) is 0 Å². The fraction of sp³-hybridized carbons (Fsp3) is 0.286. The van der Waals surface area contributed by atoms with Crippen molar-refractivity contribution in [3.8, 4) is 11.5 Å². The van der Waals surface area contributed by atoms with Gasteiger partial charge < -0.3 is 19.7 Å². The Morgan fingerprint density at radius 3 is 2.13 bits per heavy atom. The van der Waals surface area contributed by atoms with E-state index in [-0.39, 0.29) is 17.3 Å². The average Bonchev–Trinajstić information content (AvgIpc) is 2.95. The Hall–Kier alpha value is -4.05. The largest absolute Gasteiger partial charge is 0.497 e. The second-order valence-corrected chi connectivity index (χ2v) is 10.3. The van der Waals surface area contributed by atoms with Crippen molar-refractivity contribution in [2.45, 2.75) is 30.8 Å². The van der Waals surface area contributed by atoms with Crippen LogP contribution in [0.2, 0.25) is 0 Å². The number of nitrogens with one attached hydrogen (secondary N) is 1. The van der Waals surface area contributed by atoms with Gasteiger partial charge >= 0.3 is 0 Å². The molecule has 0 heterocycles. The van der Waals surface area contributed by atoms with Gasteiger partial charge in [0.2, 0.25) is 11.8 Å². The molecule has 2 amide bonds. The van der Waals surface area contributed by atoms with E-state index in [2.05, 4.69) is 5.32 Å². The van der Waals surface area contributed by atoms with Crippen molar-refractivity contribution in [3.63, 3.8) is 0 Å². The van der Waals surface area contributed by atoms with Gasteiger partial charge in [-0.25, -0.2) is 8.42 Å². The van der Waals surface area contributed by atoms with Crippen LogP contribution in [0.15, 0.2) is 83.8 Å². The number of anilines is 1. The Morgan fingerprint density at radius 1 is 0.895 bits per heavy atom. The first-order valence-electron chi connectivity index (χ1n) is 12.1. The maximum atomic E-state index is 13.9. The molecule has 0 bridgehead atoms. The van der Waals surface area contributed by atoms with Gasteiger partial charge in [-0.1, -0.05) is 37.3 Å². The van der Waals surface area contributed by atoms with Gasteiger partial charge in [0.15, 0.2) is 0 Å². The summed E-state index contributed by atoms with van der Waals surface area (Å²) in [6, 6.07) is 20.7. The molecule has 10 heteroatoms. The first-order valence-corrected chi connectivity index (χ1v) is 13.5. The Labute approximate surface area is 224 Å². The summed E-state index contributed by atoms with van der Waals surface area (Å²) in [5.41, 5.74) is 1.07. The highest BCUT2D eigenvalue weighted by Gasteiger charge is 2.33. The SMILES string of the molecule is CC[C@@H](C(=O)NC)N(Cc1cccc(OC)c1)C(=O)CN(c1ccccc1)S(=O)(=O)c1ccc(OC)cc1. The van der Waals surface area contributed by atoms with E-state index in [1.54, 1.807) is 74.7 Å². The number of carbonyl (C=O) groups excluding carboxylic acids is 2. The van der Waals surface area contributed by atoms with E-state index in [4.69, 9.17) is 9.47 Å². The molecule has 0 saturated carbocycles. The van der Waals surface area contributed by atoms with Crippen LogP contribution in [0.4, 0.5) is 5.69 Å². The van der Waals surface area contributed by atoms with Crippen LogP contribution >= 0.6 is 0 Å². The number of benzene rings is 3. The van der Waals surface area contributed by atoms with E-state index < -0.39 is 28.5 Å². The van der Waals surface area contributed by atoms with Gasteiger partial charge in [0.05, 0.1) is 24.8 Å². The van der Waals surface area contributed by atoms with Crippen LogP contribution in [0.1, 0.15) is 18.9 Å². The van der Waals surface area contributed by atoms with Crippen LogP contribution in [0.3, 0.4) is 0 Å². The average molecular weight is 540 g/mol. The standard InChI is InChI=1S/C28H33N3O6S/c1-5-26(28(33)29-2)30(19-21-10-9-13-24(18-21)37-4)27(32)20-31(22-11-7-6-8-12-22)38(34,35)25-16-14-23(36-3)15-17-25/h6-18,26H,5,19-20H2,1-4H3,(H,29,33)/t26-/m0/s1. The highest BCUT2D eigenvalue weighted by atomic mass is 32.2. The van der Waals surface area contributed by atoms with Crippen molar-refractivity contribution < 1.29 is 27.5 Å². The lowest BCUT2D eigenvalue weighted by atomic mass is 10.1. The van der Waals surface area contributed by atoms with Crippen LogP contribution in [-0.2, 0) is 26.2 Å². The first kappa shape index (κ1) is 28.5. The van der Waals surface area contributed by atoms with Crippen molar-refractivity contribution >= 4 is 27.5 Å². The number of methoxy groups -OCH3 is 2. The van der Waals surface area contributed by atoms with Gasteiger partial charge in [-0.05, 0) is 60.5 Å². The summed E-state index contributed by atoms with van der Waals surface area (Å²) < 4.78 is 39.1. The molecule has 0 saturated heterocycles. The smallest absolute Gasteiger partial charge is 0.264 e. The molecule has 3 aromatic rings. The molecule has 0 aliphatic carbocycles. The minimum absolute atomic E-state index is 0.00708. The predicted molar refractivity (Wildman–Crippen MR) is 146 cm³/mol. The Balaban J connectivity index is 2.03. The molecule has 0 aliphatic rings. The monoisotopic (exact) mass is 539 g/mol. The minimum atomic E-state index is -4.14. The third-order valence-corrected chi connectivity index (χ3v) is 7.88. The Morgan fingerprint density at radius 2 is 1.55 bits per heavy atom. The normalized spacial score (nSPS) is 11.8. The number of para-hydroxylation sites is 1. The van der Waals surface area contributed by atoms with E-state index >= 15 is 0 Å². The maximum absolute atomic E-state index is 13.9.